The Labute approximate surface area is 173 Å². The number of carbonyl (C=O) groups is 2. The summed E-state index contributed by atoms with van der Waals surface area (Å²) in [5, 5.41) is 0. The van der Waals surface area contributed by atoms with Gasteiger partial charge in [-0.1, -0.05) is 24.6 Å². The molecule has 1 aliphatic carbocycles. The molecule has 4 rings (SSSR count). The third-order valence-corrected chi connectivity index (χ3v) is 6.64. The van der Waals surface area contributed by atoms with Crippen LogP contribution in [0.25, 0.3) is 0 Å². The van der Waals surface area contributed by atoms with Gasteiger partial charge in [0.15, 0.2) is 0 Å². The van der Waals surface area contributed by atoms with Crippen LogP contribution in [0.15, 0.2) is 24.3 Å². The number of piperidine rings is 1. The number of likely N-dealkylation sites (N-methyl/N-ethyl adjacent to an activating group) is 1. The first kappa shape index (κ1) is 21.1. The Morgan fingerprint density at radius 2 is 1.86 bits per heavy atom. The zero-order valence-corrected chi connectivity index (χ0v) is 17.5. The Morgan fingerprint density at radius 1 is 1.18 bits per heavy atom. The smallest absolute Gasteiger partial charge is 0.339 e. The largest absolute Gasteiger partial charge is 0.451 e. The minimum atomic E-state index is -0.503. The van der Waals surface area contributed by atoms with E-state index in [1.165, 1.54) is 32.4 Å². The molecule has 0 bridgehead atoms. The number of hydrogen-bond acceptors (Lipinski definition) is 4. The monoisotopic (exact) mass is 406 g/mol. The van der Waals surface area contributed by atoms with Crippen molar-refractivity contribution in [2.24, 2.45) is 5.92 Å². The fraction of sp³-hybridized carbons (Fsp3) is 0.636. The number of amides is 1. The quantitative estimate of drug-likeness (QED) is 0.717. The van der Waals surface area contributed by atoms with E-state index in [9.17, 15) is 9.59 Å². The van der Waals surface area contributed by atoms with E-state index in [-0.39, 0.29) is 30.2 Å². The maximum Gasteiger partial charge on any atom is 0.339 e. The lowest BCUT2D eigenvalue weighted by Gasteiger charge is -2.37. The number of hydrogen-bond donors (Lipinski definition) is 0. The SMILES string of the molecule is CN(CCN1CCCCC1)C(=O)[C@H]1CC[C@@]2(CC1)OC(=O)c1ccccc12.Cl. The maximum atomic E-state index is 12.9. The molecule has 28 heavy (non-hydrogen) atoms. The first-order valence-corrected chi connectivity index (χ1v) is 10.4. The van der Waals surface area contributed by atoms with Gasteiger partial charge in [0.1, 0.15) is 5.60 Å². The van der Waals surface area contributed by atoms with E-state index in [1.54, 1.807) is 0 Å². The summed E-state index contributed by atoms with van der Waals surface area (Å²) < 4.78 is 5.81. The summed E-state index contributed by atoms with van der Waals surface area (Å²) in [7, 11) is 1.93. The molecule has 2 fully saturated rings. The number of esters is 1. The number of rotatable bonds is 4. The zero-order valence-electron chi connectivity index (χ0n) is 16.7. The van der Waals surface area contributed by atoms with Crippen LogP contribution in [0, 0.1) is 5.92 Å². The van der Waals surface area contributed by atoms with Crippen molar-refractivity contribution < 1.29 is 14.3 Å². The summed E-state index contributed by atoms with van der Waals surface area (Å²) in [5.41, 5.74) is 1.21. The highest BCUT2D eigenvalue weighted by Gasteiger charge is 2.48. The van der Waals surface area contributed by atoms with Crippen molar-refractivity contribution in [2.75, 3.05) is 33.2 Å². The van der Waals surface area contributed by atoms with Gasteiger partial charge in [0, 0.05) is 31.6 Å². The molecule has 0 unspecified atom stereocenters. The van der Waals surface area contributed by atoms with Crippen molar-refractivity contribution in [1.82, 2.24) is 9.80 Å². The molecule has 0 atom stereocenters. The number of ether oxygens (including phenoxy) is 1. The zero-order chi connectivity index (χ0) is 18.9. The van der Waals surface area contributed by atoms with E-state index < -0.39 is 5.60 Å². The minimum absolute atomic E-state index is 0. The van der Waals surface area contributed by atoms with Crippen LogP contribution >= 0.6 is 12.4 Å². The molecule has 2 heterocycles. The van der Waals surface area contributed by atoms with Crippen molar-refractivity contribution in [3.05, 3.63) is 35.4 Å². The first-order chi connectivity index (χ1) is 13.1. The normalized spacial score (nSPS) is 27.0. The van der Waals surface area contributed by atoms with Crippen LogP contribution in [0.5, 0.6) is 0 Å². The van der Waals surface area contributed by atoms with Crippen LogP contribution in [0.1, 0.15) is 60.9 Å². The van der Waals surface area contributed by atoms with E-state index in [2.05, 4.69) is 4.90 Å². The van der Waals surface area contributed by atoms with E-state index in [1.807, 2.05) is 36.2 Å². The Kier molecular flexibility index (Phi) is 6.66. The van der Waals surface area contributed by atoms with E-state index in [0.717, 1.165) is 44.3 Å². The van der Waals surface area contributed by atoms with Crippen LogP contribution in [0.3, 0.4) is 0 Å². The molecule has 2 aliphatic heterocycles. The van der Waals surface area contributed by atoms with E-state index in [0.29, 0.717) is 5.56 Å². The minimum Gasteiger partial charge on any atom is -0.451 e. The Hall–Kier alpha value is -1.59. The molecule has 1 aromatic rings. The highest BCUT2D eigenvalue weighted by Crippen LogP contribution is 2.48. The predicted molar refractivity (Wildman–Crippen MR) is 111 cm³/mol. The molecule has 0 N–H and O–H groups in total. The second-order valence-electron chi connectivity index (χ2n) is 8.37. The van der Waals surface area contributed by atoms with Crippen molar-refractivity contribution in [3.8, 4) is 0 Å². The van der Waals surface area contributed by atoms with Crippen LogP contribution < -0.4 is 0 Å². The van der Waals surface area contributed by atoms with Crippen LogP contribution in [0.4, 0.5) is 0 Å². The lowest BCUT2D eigenvalue weighted by molar-refractivity contribution is -0.137. The molecular formula is C22H31ClN2O3. The molecule has 6 heteroatoms. The number of benzene rings is 1. The summed E-state index contributed by atoms with van der Waals surface area (Å²) in [6, 6.07) is 7.70. The van der Waals surface area contributed by atoms with Crippen molar-refractivity contribution >= 4 is 24.3 Å². The second-order valence-corrected chi connectivity index (χ2v) is 8.37. The van der Waals surface area contributed by atoms with Gasteiger partial charge in [-0.25, -0.2) is 4.79 Å². The van der Waals surface area contributed by atoms with Crippen molar-refractivity contribution in [2.45, 2.75) is 50.5 Å². The maximum absolute atomic E-state index is 12.9. The number of halogens is 1. The summed E-state index contributed by atoms with van der Waals surface area (Å²) in [6.45, 7) is 4.11. The van der Waals surface area contributed by atoms with Crippen LogP contribution in [0.2, 0.25) is 0 Å². The molecular weight excluding hydrogens is 376 g/mol. The summed E-state index contributed by atoms with van der Waals surface area (Å²) in [6.07, 6.45) is 6.95. The summed E-state index contributed by atoms with van der Waals surface area (Å²) in [5.74, 6) is 0.0851. The van der Waals surface area contributed by atoms with Gasteiger partial charge in [0.2, 0.25) is 5.91 Å². The molecule has 3 aliphatic rings. The van der Waals surface area contributed by atoms with Crippen LogP contribution in [-0.2, 0) is 15.1 Å². The molecule has 5 nitrogen and oxygen atoms in total. The fourth-order valence-corrected chi connectivity index (χ4v) is 4.94. The van der Waals surface area contributed by atoms with Gasteiger partial charge < -0.3 is 14.5 Å². The summed E-state index contributed by atoms with van der Waals surface area (Å²) >= 11 is 0. The third kappa shape index (κ3) is 4.06. The highest BCUT2D eigenvalue weighted by atomic mass is 35.5. The molecule has 1 aromatic carbocycles. The molecule has 0 radical (unpaired) electrons. The van der Waals surface area contributed by atoms with Gasteiger partial charge in [-0.3, -0.25) is 4.79 Å². The Balaban J connectivity index is 0.00000225. The Morgan fingerprint density at radius 3 is 2.57 bits per heavy atom. The van der Waals surface area contributed by atoms with Crippen molar-refractivity contribution in [3.63, 3.8) is 0 Å². The first-order valence-electron chi connectivity index (χ1n) is 10.4. The lowest BCUT2D eigenvalue weighted by Crippen LogP contribution is -2.43. The van der Waals surface area contributed by atoms with E-state index in [4.69, 9.17) is 4.74 Å². The number of fused-ring (bicyclic) bond motifs is 2. The van der Waals surface area contributed by atoms with Gasteiger partial charge in [-0.2, -0.15) is 0 Å². The number of carbonyl (C=O) groups excluding carboxylic acids is 2. The van der Waals surface area contributed by atoms with Gasteiger partial charge >= 0.3 is 5.97 Å². The molecule has 1 saturated heterocycles. The molecule has 1 amide bonds. The molecule has 1 spiro atoms. The molecule has 0 aromatic heterocycles. The Bertz CT molecular complexity index is 709. The average molecular weight is 407 g/mol. The van der Waals surface area contributed by atoms with Gasteiger partial charge in [-0.05, 0) is 57.7 Å². The number of nitrogens with zero attached hydrogens (tertiary/aromatic N) is 2. The fourth-order valence-electron chi connectivity index (χ4n) is 4.94. The predicted octanol–water partition coefficient (Wildman–Crippen LogP) is 3.61. The molecule has 1 saturated carbocycles. The second kappa shape index (κ2) is 8.83. The van der Waals surface area contributed by atoms with Crippen molar-refractivity contribution in [1.29, 1.82) is 0 Å². The third-order valence-electron chi connectivity index (χ3n) is 6.64. The lowest BCUT2D eigenvalue weighted by atomic mass is 9.74. The van der Waals surface area contributed by atoms with Crippen LogP contribution in [-0.4, -0.2) is 54.9 Å². The van der Waals surface area contributed by atoms with Gasteiger partial charge in [0.25, 0.3) is 0 Å². The topological polar surface area (TPSA) is 49.9 Å². The van der Waals surface area contributed by atoms with Gasteiger partial charge in [-0.15, -0.1) is 12.4 Å². The summed E-state index contributed by atoms with van der Waals surface area (Å²) in [4.78, 5) is 29.5. The average Bonchev–Trinajstić information content (AvgIpc) is 2.99. The highest BCUT2D eigenvalue weighted by molar-refractivity contribution is 5.94. The van der Waals surface area contributed by atoms with Gasteiger partial charge in [0.05, 0.1) is 5.56 Å². The standard InChI is InChI=1S/C22H30N2O3.ClH/c1-23(15-16-24-13-5-2-6-14-24)20(25)17-9-11-22(12-10-17)19-8-4-3-7-18(19)21(26)27-22;/h3-4,7-8,17H,2,5-6,9-16H2,1H3;1H/t17-,22-;. The number of likely N-dealkylation sites (tertiary alicyclic amines) is 1. The van der Waals surface area contributed by atoms with E-state index >= 15 is 0 Å². The molecule has 154 valence electrons.